The maximum atomic E-state index is 5.82. The van der Waals surface area contributed by atoms with Crippen molar-refractivity contribution in [3.05, 3.63) is 18.5 Å². The Morgan fingerprint density at radius 1 is 1.43 bits per heavy atom. The summed E-state index contributed by atoms with van der Waals surface area (Å²) in [4.78, 5) is 6.18. The highest BCUT2D eigenvalue weighted by Crippen LogP contribution is 2.09. The zero-order valence-corrected chi connectivity index (χ0v) is 8.51. The van der Waals surface area contributed by atoms with Gasteiger partial charge in [-0.05, 0) is 13.8 Å². The van der Waals surface area contributed by atoms with Gasteiger partial charge in [0.25, 0.3) is 0 Å². The van der Waals surface area contributed by atoms with Crippen LogP contribution in [0, 0.1) is 0 Å². The lowest BCUT2D eigenvalue weighted by atomic mass is 10.6. The number of nitrogens with zero attached hydrogens (tertiary/aromatic N) is 4. The molecule has 0 atom stereocenters. The number of nitrogen functional groups attached to an aromatic ring is 1. The van der Waals surface area contributed by atoms with E-state index in [2.05, 4.69) is 23.8 Å². The molecule has 0 fully saturated rings. The zero-order chi connectivity index (χ0) is 10.1. The quantitative estimate of drug-likeness (QED) is 0.780. The molecule has 0 saturated carbocycles. The van der Waals surface area contributed by atoms with Crippen molar-refractivity contribution >= 4 is 11.5 Å². The summed E-state index contributed by atoms with van der Waals surface area (Å²) in [5.74, 6) is 0.664. The first-order valence-electron chi connectivity index (χ1n) is 4.83. The van der Waals surface area contributed by atoms with E-state index in [1.807, 2.05) is 21.6 Å². The number of nitrogens with two attached hydrogens (primary N) is 1. The number of rotatable bonds is 3. The van der Waals surface area contributed by atoms with Crippen LogP contribution in [-0.2, 0) is 0 Å². The summed E-state index contributed by atoms with van der Waals surface area (Å²) >= 11 is 0. The third kappa shape index (κ3) is 1.13. The van der Waals surface area contributed by atoms with E-state index >= 15 is 0 Å². The summed E-state index contributed by atoms with van der Waals surface area (Å²) in [5, 5.41) is 2.17. The summed E-state index contributed by atoms with van der Waals surface area (Å²) < 4.78 is 1.90. The van der Waals surface area contributed by atoms with Gasteiger partial charge in [-0.25, -0.2) is 4.98 Å². The van der Waals surface area contributed by atoms with Crippen LogP contribution in [0.4, 0.5) is 5.82 Å². The topological polar surface area (TPSA) is 51.5 Å². The van der Waals surface area contributed by atoms with Crippen LogP contribution >= 0.6 is 0 Å². The molecular formula is C9H15N5. The normalized spacial score (nSPS) is 11.0. The first kappa shape index (κ1) is 8.93. The van der Waals surface area contributed by atoms with E-state index in [1.54, 1.807) is 6.20 Å². The Hall–Kier alpha value is -1.65. The van der Waals surface area contributed by atoms with Gasteiger partial charge in [0.05, 0.1) is 6.20 Å². The molecule has 0 amide bonds. The molecule has 0 aliphatic carbocycles. The molecule has 0 aliphatic heterocycles. The summed E-state index contributed by atoms with van der Waals surface area (Å²) in [6.07, 6.45) is 3.65. The molecule has 0 aliphatic rings. The van der Waals surface area contributed by atoms with E-state index in [9.17, 15) is 0 Å². The fraction of sp³-hybridized carbons (Fsp3) is 0.444. The maximum absolute atomic E-state index is 5.82. The van der Waals surface area contributed by atoms with E-state index in [4.69, 9.17) is 5.73 Å². The molecule has 5 nitrogen and oxygen atoms in total. The first-order chi connectivity index (χ1) is 6.77. The summed E-state index contributed by atoms with van der Waals surface area (Å²) in [7, 11) is 0. The fourth-order valence-corrected chi connectivity index (χ4v) is 1.64. The molecule has 0 bridgehead atoms. The molecular weight excluding hydrogens is 178 g/mol. The van der Waals surface area contributed by atoms with Crippen LogP contribution < -0.4 is 10.7 Å². The number of imidazole rings is 1. The predicted molar refractivity (Wildman–Crippen MR) is 56.9 cm³/mol. The van der Waals surface area contributed by atoms with Crippen LogP contribution in [0.2, 0.25) is 0 Å². The highest BCUT2D eigenvalue weighted by molar-refractivity contribution is 5.46. The Kier molecular flexibility index (Phi) is 2.07. The average molecular weight is 193 g/mol. The van der Waals surface area contributed by atoms with Crippen molar-refractivity contribution in [2.45, 2.75) is 13.8 Å². The van der Waals surface area contributed by atoms with Crippen molar-refractivity contribution in [3.8, 4) is 0 Å². The van der Waals surface area contributed by atoms with Crippen molar-refractivity contribution in [2.24, 2.45) is 0 Å². The third-order valence-electron chi connectivity index (χ3n) is 2.37. The molecule has 0 radical (unpaired) electrons. The first-order valence-corrected chi connectivity index (χ1v) is 4.83. The van der Waals surface area contributed by atoms with Crippen LogP contribution in [0.15, 0.2) is 18.5 Å². The Morgan fingerprint density at radius 2 is 2.14 bits per heavy atom. The Labute approximate surface area is 82.7 Å². The van der Waals surface area contributed by atoms with Crippen LogP contribution in [0.5, 0.6) is 0 Å². The molecule has 2 N–H and O–H groups in total. The average Bonchev–Trinajstić information content (AvgIpc) is 2.74. The minimum Gasteiger partial charge on any atom is -0.382 e. The van der Waals surface area contributed by atoms with Gasteiger partial charge in [-0.2, -0.15) is 9.31 Å². The van der Waals surface area contributed by atoms with Gasteiger partial charge in [-0.15, -0.1) is 0 Å². The van der Waals surface area contributed by atoms with Gasteiger partial charge >= 0.3 is 0 Å². The standard InChI is InChI=1S/C9H15N5/c1-3-12(4-2)13-6-5-9-11-7-8(10)14(9)13/h5-7H,3-4,10H2,1-2H3. The second-order valence-electron chi connectivity index (χ2n) is 3.13. The monoisotopic (exact) mass is 193 g/mol. The molecule has 76 valence electrons. The Morgan fingerprint density at radius 3 is 2.79 bits per heavy atom. The summed E-state index contributed by atoms with van der Waals surface area (Å²) in [6.45, 7) is 6.11. The summed E-state index contributed by atoms with van der Waals surface area (Å²) in [5.41, 5.74) is 6.71. The zero-order valence-electron chi connectivity index (χ0n) is 8.51. The molecule has 14 heavy (non-hydrogen) atoms. The lowest BCUT2D eigenvalue weighted by Gasteiger charge is -2.23. The summed E-state index contributed by atoms with van der Waals surface area (Å²) in [6, 6.07) is 1.95. The molecule has 2 heterocycles. The molecule has 0 spiro atoms. The number of hydrogen-bond acceptors (Lipinski definition) is 3. The van der Waals surface area contributed by atoms with Gasteiger partial charge in [0.2, 0.25) is 0 Å². The van der Waals surface area contributed by atoms with E-state index in [0.717, 1.165) is 18.7 Å². The highest BCUT2D eigenvalue weighted by atomic mass is 15.7. The lowest BCUT2D eigenvalue weighted by Crippen LogP contribution is -2.36. The van der Waals surface area contributed by atoms with Crippen LogP contribution in [0.1, 0.15) is 13.8 Å². The van der Waals surface area contributed by atoms with E-state index in [-0.39, 0.29) is 0 Å². The second-order valence-corrected chi connectivity index (χ2v) is 3.13. The van der Waals surface area contributed by atoms with Crippen molar-refractivity contribution in [3.63, 3.8) is 0 Å². The molecule has 0 saturated heterocycles. The van der Waals surface area contributed by atoms with Crippen molar-refractivity contribution in [1.82, 2.24) is 14.3 Å². The number of fused-ring (bicyclic) bond motifs is 1. The highest BCUT2D eigenvalue weighted by Gasteiger charge is 2.08. The molecule has 2 aromatic rings. The Balaban J connectivity index is 2.55. The predicted octanol–water partition coefficient (Wildman–Crippen LogP) is 0.696. The third-order valence-corrected chi connectivity index (χ3v) is 2.37. The van der Waals surface area contributed by atoms with Gasteiger partial charge in [-0.1, -0.05) is 0 Å². The number of anilines is 1. The lowest BCUT2D eigenvalue weighted by molar-refractivity contribution is 0.534. The Bertz CT molecular complexity index is 423. The minimum absolute atomic E-state index is 0.664. The van der Waals surface area contributed by atoms with Crippen molar-refractivity contribution in [1.29, 1.82) is 0 Å². The van der Waals surface area contributed by atoms with Crippen LogP contribution in [0.25, 0.3) is 5.65 Å². The maximum Gasteiger partial charge on any atom is 0.157 e. The smallest absolute Gasteiger partial charge is 0.157 e. The van der Waals surface area contributed by atoms with Gasteiger partial charge in [-0.3, -0.25) is 5.01 Å². The van der Waals surface area contributed by atoms with Gasteiger partial charge in [0.15, 0.2) is 5.65 Å². The van der Waals surface area contributed by atoms with Crippen molar-refractivity contribution < 1.29 is 0 Å². The molecule has 2 rings (SSSR count). The SMILES string of the molecule is CCN(CC)n1ccc2ncc(N)n21. The van der Waals surface area contributed by atoms with Crippen molar-refractivity contribution in [2.75, 3.05) is 23.8 Å². The van der Waals surface area contributed by atoms with E-state index in [1.165, 1.54) is 0 Å². The van der Waals surface area contributed by atoms with Crippen LogP contribution in [0.3, 0.4) is 0 Å². The molecule has 5 heteroatoms. The minimum atomic E-state index is 0.664. The van der Waals surface area contributed by atoms with Gasteiger partial charge in [0.1, 0.15) is 5.82 Å². The number of aromatic nitrogens is 3. The molecule has 2 aromatic heterocycles. The van der Waals surface area contributed by atoms with Gasteiger partial charge < -0.3 is 5.73 Å². The second kappa shape index (κ2) is 3.25. The fourth-order valence-electron chi connectivity index (χ4n) is 1.64. The molecule has 0 unspecified atom stereocenters. The molecule has 0 aromatic carbocycles. The van der Waals surface area contributed by atoms with E-state index in [0.29, 0.717) is 5.82 Å². The largest absolute Gasteiger partial charge is 0.382 e. The van der Waals surface area contributed by atoms with Gasteiger partial charge in [0, 0.05) is 25.4 Å². The van der Waals surface area contributed by atoms with E-state index < -0.39 is 0 Å². The van der Waals surface area contributed by atoms with Crippen LogP contribution in [-0.4, -0.2) is 27.4 Å². The number of hydrogen-bond donors (Lipinski definition) is 1.